The standard InChI is InChI=1S/C26H28N4O4/c1-18(2)13-14-28-17-27-24-23(28)25(32)30(16-21(31)20-11-7-8-12-22(20)34-3)26(33)29(24)15-19-9-5-4-6-10-19/h4-12,17-18H,13-16H2,1-3H3. The molecule has 0 radical (unpaired) electrons. The highest BCUT2D eigenvalue weighted by atomic mass is 16.5. The SMILES string of the molecule is COc1ccccc1C(=O)Cn1c(=O)c2c(ncn2CCC(C)C)n(Cc2ccccc2)c1=O. The molecule has 2 heterocycles. The molecule has 0 unspecified atom stereocenters. The van der Waals surface area contributed by atoms with E-state index in [1.54, 1.807) is 35.2 Å². The van der Waals surface area contributed by atoms with Gasteiger partial charge in [0.1, 0.15) is 5.75 Å². The minimum atomic E-state index is -0.571. The zero-order valence-corrected chi connectivity index (χ0v) is 19.6. The van der Waals surface area contributed by atoms with Gasteiger partial charge < -0.3 is 9.30 Å². The molecule has 0 N–H and O–H groups in total. The largest absolute Gasteiger partial charge is 0.496 e. The van der Waals surface area contributed by atoms with Crippen LogP contribution in [-0.4, -0.2) is 31.6 Å². The van der Waals surface area contributed by atoms with Crippen LogP contribution in [-0.2, 0) is 19.6 Å². The van der Waals surface area contributed by atoms with Gasteiger partial charge in [-0.25, -0.2) is 9.78 Å². The van der Waals surface area contributed by atoms with Crippen molar-refractivity contribution >= 4 is 16.9 Å². The minimum Gasteiger partial charge on any atom is -0.496 e. The predicted octanol–water partition coefficient (Wildman–Crippen LogP) is 3.35. The third-order valence-corrected chi connectivity index (χ3v) is 5.82. The summed E-state index contributed by atoms with van der Waals surface area (Å²) in [6.45, 7) is 4.65. The van der Waals surface area contributed by atoms with Gasteiger partial charge in [-0.3, -0.25) is 18.7 Å². The molecule has 176 valence electrons. The Balaban J connectivity index is 1.86. The molecule has 2 aromatic heterocycles. The van der Waals surface area contributed by atoms with Gasteiger partial charge in [0.05, 0.1) is 32.1 Å². The Labute approximate surface area is 197 Å². The molecule has 0 aliphatic rings. The molecule has 0 bridgehead atoms. The smallest absolute Gasteiger partial charge is 0.333 e. The molecule has 0 aliphatic carbocycles. The number of imidazole rings is 1. The number of methoxy groups -OCH3 is 1. The van der Waals surface area contributed by atoms with Crippen LogP contribution in [0.5, 0.6) is 5.75 Å². The summed E-state index contributed by atoms with van der Waals surface area (Å²) in [7, 11) is 1.48. The average Bonchev–Trinajstić information content (AvgIpc) is 3.27. The molecule has 0 spiro atoms. The number of nitrogens with zero attached hydrogens (tertiary/aromatic N) is 4. The van der Waals surface area contributed by atoms with Gasteiger partial charge in [0.15, 0.2) is 16.9 Å². The number of Topliss-reactive ketones (excluding diaryl/α,β-unsaturated/α-hetero) is 1. The molecule has 4 rings (SSSR count). The topological polar surface area (TPSA) is 88.1 Å². The molecule has 8 heteroatoms. The number of aromatic nitrogens is 4. The van der Waals surface area contributed by atoms with Crippen LogP contribution in [0, 0.1) is 5.92 Å². The molecule has 2 aromatic carbocycles. The molecule has 0 saturated heterocycles. The number of fused-ring (bicyclic) bond motifs is 1. The number of benzene rings is 2. The van der Waals surface area contributed by atoms with Crippen molar-refractivity contribution in [2.24, 2.45) is 5.92 Å². The van der Waals surface area contributed by atoms with E-state index in [2.05, 4.69) is 18.8 Å². The van der Waals surface area contributed by atoms with Gasteiger partial charge in [0, 0.05) is 6.54 Å². The second kappa shape index (κ2) is 9.91. The Morgan fingerprint density at radius 3 is 2.41 bits per heavy atom. The number of hydrogen-bond acceptors (Lipinski definition) is 5. The maximum absolute atomic E-state index is 13.5. The molecule has 0 aliphatic heterocycles. The Morgan fingerprint density at radius 1 is 1.00 bits per heavy atom. The van der Waals surface area contributed by atoms with Gasteiger partial charge in [0.25, 0.3) is 5.56 Å². The van der Waals surface area contributed by atoms with Crippen LogP contribution in [0.1, 0.15) is 36.2 Å². The molecule has 0 fully saturated rings. The Morgan fingerprint density at radius 2 is 1.71 bits per heavy atom. The van der Waals surface area contributed by atoms with E-state index in [1.807, 2.05) is 30.3 Å². The Kier molecular flexibility index (Phi) is 6.77. The maximum atomic E-state index is 13.5. The van der Waals surface area contributed by atoms with Crippen molar-refractivity contribution < 1.29 is 9.53 Å². The van der Waals surface area contributed by atoms with Gasteiger partial charge in [-0.2, -0.15) is 0 Å². The molecule has 8 nitrogen and oxygen atoms in total. The lowest BCUT2D eigenvalue weighted by molar-refractivity contribution is 0.0966. The van der Waals surface area contributed by atoms with Crippen LogP contribution in [0.15, 0.2) is 70.5 Å². The molecule has 0 amide bonds. The van der Waals surface area contributed by atoms with E-state index in [0.717, 1.165) is 16.6 Å². The molecular formula is C26H28N4O4. The number of carbonyl (C=O) groups excluding carboxylic acids is 1. The summed E-state index contributed by atoms with van der Waals surface area (Å²) >= 11 is 0. The number of aryl methyl sites for hydroxylation is 1. The van der Waals surface area contributed by atoms with Crippen LogP contribution < -0.4 is 16.0 Å². The number of carbonyl (C=O) groups is 1. The fourth-order valence-corrected chi connectivity index (χ4v) is 3.96. The third-order valence-electron chi connectivity index (χ3n) is 5.82. The van der Waals surface area contributed by atoms with Crippen molar-refractivity contribution in [3.8, 4) is 5.75 Å². The molecular weight excluding hydrogens is 432 g/mol. The number of para-hydroxylation sites is 1. The summed E-state index contributed by atoms with van der Waals surface area (Å²) in [5, 5.41) is 0. The van der Waals surface area contributed by atoms with Crippen LogP contribution in [0.25, 0.3) is 11.2 Å². The summed E-state index contributed by atoms with van der Waals surface area (Å²) in [5.41, 5.74) is 0.767. The first-order valence-corrected chi connectivity index (χ1v) is 11.3. The van der Waals surface area contributed by atoms with E-state index >= 15 is 0 Å². The van der Waals surface area contributed by atoms with Gasteiger partial charge in [-0.15, -0.1) is 0 Å². The summed E-state index contributed by atoms with van der Waals surface area (Å²) < 4.78 is 9.55. The van der Waals surface area contributed by atoms with E-state index < -0.39 is 17.8 Å². The van der Waals surface area contributed by atoms with Crippen LogP contribution in [0.4, 0.5) is 0 Å². The first-order chi connectivity index (χ1) is 16.4. The van der Waals surface area contributed by atoms with E-state index in [0.29, 0.717) is 34.9 Å². The van der Waals surface area contributed by atoms with E-state index in [-0.39, 0.29) is 12.3 Å². The van der Waals surface area contributed by atoms with Gasteiger partial charge >= 0.3 is 5.69 Å². The lowest BCUT2D eigenvalue weighted by atomic mass is 10.1. The minimum absolute atomic E-state index is 0.237. The number of ketones is 1. The van der Waals surface area contributed by atoms with Crippen molar-refractivity contribution in [1.29, 1.82) is 0 Å². The summed E-state index contributed by atoms with van der Waals surface area (Å²) in [4.78, 5) is 44.6. The van der Waals surface area contributed by atoms with Crippen molar-refractivity contribution in [3.05, 3.63) is 92.9 Å². The lowest BCUT2D eigenvalue weighted by Gasteiger charge is -2.13. The highest BCUT2D eigenvalue weighted by Gasteiger charge is 2.21. The van der Waals surface area contributed by atoms with Crippen molar-refractivity contribution in [2.45, 2.75) is 39.9 Å². The molecule has 0 atom stereocenters. The number of rotatable bonds is 9. The molecule has 4 aromatic rings. The number of ether oxygens (including phenoxy) is 1. The van der Waals surface area contributed by atoms with E-state index in [1.165, 1.54) is 11.7 Å². The van der Waals surface area contributed by atoms with Crippen molar-refractivity contribution in [2.75, 3.05) is 7.11 Å². The zero-order chi connectivity index (χ0) is 24.2. The maximum Gasteiger partial charge on any atom is 0.333 e. The van der Waals surface area contributed by atoms with Crippen molar-refractivity contribution in [3.63, 3.8) is 0 Å². The fraction of sp³-hybridized carbons (Fsp3) is 0.308. The first kappa shape index (κ1) is 23.2. The number of hydrogen-bond donors (Lipinski definition) is 0. The van der Waals surface area contributed by atoms with E-state index in [4.69, 9.17) is 4.74 Å². The second-order valence-corrected chi connectivity index (χ2v) is 8.66. The highest BCUT2D eigenvalue weighted by molar-refractivity contribution is 5.98. The lowest BCUT2D eigenvalue weighted by Crippen LogP contribution is -2.42. The van der Waals surface area contributed by atoms with Crippen LogP contribution in [0.3, 0.4) is 0 Å². The van der Waals surface area contributed by atoms with E-state index in [9.17, 15) is 14.4 Å². The van der Waals surface area contributed by atoms with Crippen molar-refractivity contribution in [1.82, 2.24) is 18.7 Å². The monoisotopic (exact) mass is 460 g/mol. The summed E-state index contributed by atoms with van der Waals surface area (Å²) in [5.74, 6) is 0.450. The van der Waals surface area contributed by atoms with Crippen LogP contribution in [0.2, 0.25) is 0 Å². The first-order valence-electron chi connectivity index (χ1n) is 11.3. The third kappa shape index (κ3) is 4.57. The molecule has 0 saturated carbocycles. The van der Waals surface area contributed by atoms with Gasteiger partial charge in [0.2, 0.25) is 0 Å². The highest BCUT2D eigenvalue weighted by Crippen LogP contribution is 2.18. The fourth-order valence-electron chi connectivity index (χ4n) is 3.96. The normalized spacial score (nSPS) is 11.3. The van der Waals surface area contributed by atoms with Gasteiger partial charge in [-0.1, -0.05) is 56.3 Å². The average molecular weight is 461 g/mol. The zero-order valence-electron chi connectivity index (χ0n) is 19.6. The Bertz CT molecular complexity index is 1430. The Hall–Kier alpha value is -3.94. The molecule has 34 heavy (non-hydrogen) atoms. The van der Waals surface area contributed by atoms with Crippen LogP contribution >= 0.6 is 0 Å². The van der Waals surface area contributed by atoms with Gasteiger partial charge in [-0.05, 0) is 30.0 Å². The predicted molar refractivity (Wildman–Crippen MR) is 131 cm³/mol. The second-order valence-electron chi connectivity index (χ2n) is 8.66. The quantitative estimate of drug-likeness (QED) is 0.358. The summed E-state index contributed by atoms with van der Waals surface area (Å²) in [6.07, 6.45) is 2.45. The summed E-state index contributed by atoms with van der Waals surface area (Å²) in [6, 6.07) is 16.3.